The molecular weight excluding hydrogens is 452 g/mol. The maximum Gasteiger partial charge on any atom is 0.407 e. The van der Waals surface area contributed by atoms with Crippen LogP contribution in [0.15, 0.2) is 48.5 Å². The Morgan fingerprint density at radius 1 is 1.11 bits per heavy atom. The molecule has 4 amide bonds. The van der Waals surface area contributed by atoms with Gasteiger partial charge in [0.15, 0.2) is 0 Å². The summed E-state index contributed by atoms with van der Waals surface area (Å²) in [5, 5.41) is 3.95. The van der Waals surface area contributed by atoms with Crippen LogP contribution in [0.25, 0.3) is 0 Å². The number of nitrogens with one attached hydrogen (secondary N) is 1. The zero-order valence-electron chi connectivity index (χ0n) is 20.0. The van der Waals surface area contributed by atoms with Gasteiger partial charge in [-0.1, -0.05) is 36.4 Å². The zero-order chi connectivity index (χ0) is 25.2. The second-order valence-electron chi connectivity index (χ2n) is 9.41. The molecular formula is C25H30N4O6. The number of ether oxygens (including phenoxy) is 2. The highest BCUT2D eigenvalue weighted by Crippen LogP contribution is 2.45. The highest BCUT2D eigenvalue weighted by Gasteiger charge is 2.50. The van der Waals surface area contributed by atoms with Crippen LogP contribution >= 0.6 is 0 Å². The highest BCUT2D eigenvalue weighted by atomic mass is 16.7. The Hall–Kier alpha value is -3.79. The van der Waals surface area contributed by atoms with Crippen molar-refractivity contribution < 1.29 is 28.7 Å². The van der Waals surface area contributed by atoms with Gasteiger partial charge >= 0.3 is 12.1 Å². The highest BCUT2D eigenvalue weighted by molar-refractivity contribution is 5.90. The molecule has 0 unspecified atom stereocenters. The summed E-state index contributed by atoms with van der Waals surface area (Å²) >= 11 is 0. The predicted octanol–water partition coefficient (Wildman–Crippen LogP) is 3.04. The van der Waals surface area contributed by atoms with E-state index in [0.29, 0.717) is 11.3 Å². The van der Waals surface area contributed by atoms with E-state index in [4.69, 9.17) is 20.0 Å². The van der Waals surface area contributed by atoms with Crippen LogP contribution < -0.4 is 15.8 Å². The van der Waals surface area contributed by atoms with Gasteiger partial charge in [-0.25, -0.2) is 9.59 Å². The normalized spacial score (nSPS) is 18.8. The molecule has 0 radical (unpaired) electrons. The number of nitrogens with two attached hydrogens (primary N) is 1. The molecule has 35 heavy (non-hydrogen) atoms. The van der Waals surface area contributed by atoms with E-state index in [-0.39, 0.29) is 26.3 Å². The number of nitrogens with zero attached hydrogens (tertiary/aromatic N) is 2. The molecule has 4 rings (SSSR count). The number of urea groups is 1. The van der Waals surface area contributed by atoms with Crippen molar-refractivity contribution in [1.82, 2.24) is 15.3 Å². The minimum absolute atomic E-state index is 0.208. The number of rotatable bonds is 8. The minimum atomic E-state index is -0.887. The van der Waals surface area contributed by atoms with E-state index >= 15 is 0 Å². The van der Waals surface area contributed by atoms with Gasteiger partial charge < -0.3 is 25.4 Å². The number of carbonyl (C=O) groups is 3. The Morgan fingerprint density at radius 3 is 2.54 bits per heavy atom. The van der Waals surface area contributed by atoms with Gasteiger partial charge in [0.1, 0.15) is 36.6 Å². The quantitative estimate of drug-likeness (QED) is 0.558. The molecule has 0 saturated carbocycles. The fourth-order valence-electron chi connectivity index (χ4n) is 4.19. The molecule has 186 valence electrons. The maximum atomic E-state index is 13.1. The summed E-state index contributed by atoms with van der Waals surface area (Å²) in [4.78, 5) is 44.5. The van der Waals surface area contributed by atoms with Crippen molar-refractivity contribution in [3.63, 3.8) is 0 Å². The molecule has 2 aliphatic rings. The molecule has 2 heterocycles. The van der Waals surface area contributed by atoms with E-state index in [2.05, 4.69) is 5.32 Å². The van der Waals surface area contributed by atoms with Crippen molar-refractivity contribution >= 4 is 18.0 Å². The number of benzene rings is 2. The van der Waals surface area contributed by atoms with Gasteiger partial charge in [-0.3, -0.25) is 9.63 Å². The SMILES string of the molecule is CC(C)(C)OC(=O)NCCOc1ccc2c(c1)[C@@H]1CN(C(=O)N1OCc1ccccc1)[C@H]2C(N)=O. The van der Waals surface area contributed by atoms with Crippen molar-refractivity contribution in [2.24, 2.45) is 5.73 Å². The van der Waals surface area contributed by atoms with Gasteiger partial charge in [0.2, 0.25) is 5.91 Å². The number of hydrogen-bond donors (Lipinski definition) is 2. The summed E-state index contributed by atoms with van der Waals surface area (Å²) in [6.45, 7) is 6.31. The molecule has 10 nitrogen and oxygen atoms in total. The standard InChI is InChI=1S/C25H30N4O6/c1-25(2,3)35-23(31)27-11-12-33-17-9-10-18-19(13-17)20-14-28(21(18)22(26)30)24(32)29(20)34-15-16-7-5-4-6-8-16/h4-10,13,20-21H,11-12,14-15H2,1-3H3,(H2,26,30)(H,27,31)/t20-,21+/m0/s1. The van der Waals surface area contributed by atoms with E-state index in [1.165, 1.54) is 9.96 Å². The number of fused-ring (bicyclic) bond motifs is 4. The molecule has 3 N–H and O–H groups in total. The van der Waals surface area contributed by atoms with Crippen LogP contribution in [0.5, 0.6) is 5.75 Å². The summed E-state index contributed by atoms with van der Waals surface area (Å²) in [6, 6.07) is 13.0. The molecule has 2 aliphatic heterocycles. The fourth-order valence-corrected chi connectivity index (χ4v) is 4.19. The lowest BCUT2D eigenvalue weighted by Crippen LogP contribution is -2.41. The molecule has 1 fully saturated rings. The largest absolute Gasteiger partial charge is 0.492 e. The number of hydroxylamine groups is 2. The molecule has 2 atom stereocenters. The molecule has 0 spiro atoms. The molecule has 2 bridgehead atoms. The van der Waals surface area contributed by atoms with Gasteiger partial charge in [0.25, 0.3) is 0 Å². The number of primary amides is 1. The first-order valence-corrected chi connectivity index (χ1v) is 11.4. The Labute approximate surface area is 203 Å². The molecule has 2 aromatic carbocycles. The third-order valence-electron chi connectivity index (χ3n) is 5.63. The van der Waals surface area contributed by atoms with Crippen LogP contribution in [0, 0.1) is 0 Å². The average Bonchev–Trinajstić information content (AvgIpc) is 3.07. The van der Waals surface area contributed by atoms with Crippen molar-refractivity contribution in [1.29, 1.82) is 0 Å². The predicted molar refractivity (Wildman–Crippen MR) is 126 cm³/mol. The number of hydrogen-bond acceptors (Lipinski definition) is 6. The summed E-state index contributed by atoms with van der Waals surface area (Å²) in [5.74, 6) is -0.0769. The lowest BCUT2D eigenvalue weighted by Gasteiger charge is -2.31. The Balaban J connectivity index is 1.47. The minimum Gasteiger partial charge on any atom is -0.492 e. The fraction of sp³-hybridized carbons (Fsp3) is 0.400. The topological polar surface area (TPSA) is 123 Å². The maximum absolute atomic E-state index is 13.1. The summed E-state index contributed by atoms with van der Waals surface area (Å²) in [7, 11) is 0. The van der Waals surface area contributed by atoms with Crippen LogP contribution in [0.2, 0.25) is 0 Å². The van der Waals surface area contributed by atoms with E-state index in [1.54, 1.807) is 39.0 Å². The van der Waals surface area contributed by atoms with Gasteiger partial charge in [-0.2, -0.15) is 5.06 Å². The first kappa shape index (κ1) is 24.3. The van der Waals surface area contributed by atoms with Gasteiger partial charge in [-0.15, -0.1) is 0 Å². The van der Waals surface area contributed by atoms with Gasteiger partial charge in [-0.05, 0) is 49.6 Å². The monoisotopic (exact) mass is 482 g/mol. The van der Waals surface area contributed by atoms with Crippen LogP contribution in [0.4, 0.5) is 9.59 Å². The molecule has 0 aromatic heterocycles. The van der Waals surface area contributed by atoms with E-state index in [9.17, 15) is 14.4 Å². The van der Waals surface area contributed by atoms with Gasteiger partial charge in [0.05, 0.1) is 13.1 Å². The molecule has 10 heteroatoms. The van der Waals surface area contributed by atoms with E-state index in [1.807, 2.05) is 30.3 Å². The van der Waals surface area contributed by atoms with Crippen molar-refractivity contribution in [2.45, 2.75) is 45.1 Å². The van der Waals surface area contributed by atoms with Crippen molar-refractivity contribution in [3.05, 3.63) is 65.2 Å². The number of alkyl carbamates (subject to hydrolysis) is 1. The first-order valence-electron chi connectivity index (χ1n) is 11.4. The first-order chi connectivity index (χ1) is 16.6. The Bertz CT molecular complexity index is 1100. The third kappa shape index (κ3) is 5.48. The lowest BCUT2D eigenvalue weighted by molar-refractivity contribution is -0.141. The second kappa shape index (κ2) is 9.83. The van der Waals surface area contributed by atoms with Crippen LogP contribution in [-0.4, -0.2) is 53.3 Å². The van der Waals surface area contributed by atoms with Crippen LogP contribution in [0.1, 0.15) is 49.5 Å². The summed E-state index contributed by atoms with van der Waals surface area (Å²) in [6.07, 6.45) is -0.522. The molecule has 2 aromatic rings. The second-order valence-corrected chi connectivity index (χ2v) is 9.41. The number of amides is 4. The average molecular weight is 483 g/mol. The smallest absolute Gasteiger partial charge is 0.407 e. The van der Waals surface area contributed by atoms with Crippen LogP contribution in [0.3, 0.4) is 0 Å². The zero-order valence-corrected chi connectivity index (χ0v) is 20.0. The Morgan fingerprint density at radius 2 is 1.86 bits per heavy atom. The summed E-state index contributed by atoms with van der Waals surface area (Å²) in [5.41, 5.74) is 7.39. The van der Waals surface area contributed by atoms with Crippen molar-refractivity contribution in [3.8, 4) is 5.75 Å². The number of carbonyl (C=O) groups excluding carboxylic acids is 3. The molecule has 0 aliphatic carbocycles. The Kier molecular flexibility index (Phi) is 6.83. The van der Waals surface area contributed by atoms with Crippen molar-refractivity contribution in [2.75, 3.05) is 19.7 Å². The third-order valence-corrected chi connectivity index (χ3v) is 5.63. The molecule has 1 saturated heterocycles. The summed E-state index contributed by atoms with van der Waals surface area (Å²) < 4.78 is 11.0. The van der Waals surface area contributed by atoms with Crippen LogP contribution in [-0.2, 0) is 21.0 Å². The van der Waals surface area contributed by atoms with E-state index in [0.717, 1.165) is 11.1 Å². The lowest BCUT2D eigenvalue weighted by atomic mass is 9.90. The van der Waals surface area contributed by atoms with Gasteiger partial charge in [0, 0.05) is 0 Å². The van der Waals surface area contributed by atoms with E-state index < -0.39 is 35.7 Å².